The molecule has 17 heavy (non-hydrogen) atoms. The predicted molar refractivity (Wildman–Crippen MR) is 68.0 cm³/mol. The summed E-state index contributed by atoms with van der Waals surface area (Å²) in [5.74, 6) is -0.163. The van der Waals surface area contributed by atoms with Crippen molar-refractivity contribution in [2.24, 2.45) is 5.73 Å². The van der Waals surface area contributed by atoms with Gasteiger partial charge in [-0.3, -0.25) is 4.90 Å². The van der Waals surface area contributed by atoms with Gasteiger partial charge in [-0.05, 0) is 49.1 Å². The van der Waals surface area contributed by atoms with E-state index in [1.807, 2.05) is 6.07 Å². The van der Waals surface area contributed by atoms with Crippen molar-refractivity contribution >= 4 is 0 Å². The normalized spacial score (nSPS) is 15.5. The number of hydrogen-bond donors (Lipinski definition) is 1. The summed E-state index contributed by atoms with van der Waals surface area (Å²) in [4.78, 5) is 2.45. The molecule has 1 aromatic rings. The lowest BCUT2D eigenvalue weighted by molar-refractivity contribution is 0.254. The van der Waals surface area contributed by atoms with Gasteiger partial charge in [0.25, 0.3) is 0 Å². The molecule has 0 atom stereocenters. The second kappa shape index (κ2) is 5.61. The maximum absolute atomic E-state index is 13.3. The monoisotopic (exact) mass is 236 g/mol. The number of nitrogens with two attached hydrogens (primary N) is 1. The molecule has 0 saturated heterocycles. The third-order valence-electron chi connectivity index (χ3n) is 3.34. The SMILES string of the molecule is CCCN(Cc1cc(F)ccc1CN)C1CC1. The molecular weight excluding hydrogens is 215 g/mol. The van der Waals surface area contributed by atoms with Gasteiger partial charge in [-0.1, -0.05) is 13.0 Å². The Hall–Kier alpha value is -0.930. The van der Waals surface area contributed by atoms with Crippen LogP contribution in [-0.2, 0) is 13.1 Å². The fraction of sp³-hybridized carbons (Fsp3) is 0.571. The van der Waals surface area contributed by atoms with Crippen LogP contribution in [-0.4, -0.2) is 17.5 Å². The van der Waals surface area contributed by atoms with E-state index >= 15 is 0 Å². The summed E-state index contributed by atoms with van der Waals surface area (Å²) < 4.78 is 13.3. The summed E-state index contributed by atoms with van der Waals surface area (Å²) in [6, 6.07) is 5.64. The number of hydrogen-bond acceptors (Lipinski definition) is 2. The van der Waals surface area contributed by atoms with Crippen LogP contribution in [0.15, 0.2) is 18.2 Å². The van der Waals surface area contributed by atoms with Crippen molar-refractivity contribution in [3.05, 3.63) is 35.1 Å². The number of nitrogens with zero attached hydrogens (tertiary/aromatic N) is 1. The van der Waals surface area contributed by atoms with Crippen LogP contribution >= 0.6 is 0 Å². The first-order valence-electron chi connectivity index (χ1n) is 6.46. The van der Waals surface area contributed by atoms with Crippen molar-refractivity contribution in [2.75, 3.05) is 6.54 Å². The maximum Gasteiger partial charge on any atom is 0.123 e. The summed E-state index contributed by atoms with van der Waals surface area (Å²) >= 11 is 0. The third-order valence-corrected chi connectivity index (χ3v) is 3.34. The average Bonchev–Trinajstić information content (AvgIpc) is 3.13. The molecule has 94 valence electrons. The van der Waals surface area contributed by atoms with E-state index in [2.05, 4.69) is 11.8 Å². The first-order chi connectivity index (χ1) is 8.24. The molecule has 3 heteroatoms. The zero-order valence-corrected chi connectivity index (χ0v) is 10.5. The molecule has 2 nitrogen and oxygen atoms in total. The Labute approximate surface area is 103 Å². The molecule has 0 heterocycles. The summed E-state index contributed by atoms with van der Waals surface area (Å²) in [6.45, 7) is 4.60. The minimum absolute atomic E-state index is 0.163. The Morgan fingerprint density at radius 2 is 2.12 bits per heavy atom. The molecule has 0 bridgehead atoms. The Balaban J connectivity index is 2.11. The van der Waals surface area contributed by atoms with Crippen molar-refractivity contribution in [1.82, 2.24) is 4.90 Å². The molecule has 0 aromatic heterocycles. The minimum atomic E-state index is -0.163. The minimum Gasteiger partial charge on any atom is -0.326 e. The topological polar surface area (TPSA) is 29.3 Å². The standard InChI is InChI=1S/C14H21FN2/c1-2-7-17(14-5-6-14)10-12-8-13(15)4-3-11(12)9-16/h3-4,8,14H,2,5-7,9-10,16H2,1H3. The van der Waals surface area contributed by atoms with Gasteiger partial charge in [0.2, 0.25) is 0 Å². The van der Waals surface area contributed by atoms with E-state index in [9.17, 15) is 4.39 Å². The van der Waals surface area contributed by atoms with Crippen LogP contribution in [0.1, 0.15) is 37.3 Å². The van der Waals surface area contributed by atoms with Gasteiger partial charge in [0.05, 0.1) is 0 Å². The molecule has 0 spiro atoms. The maximum atomic E-state index is 13.3. The van der Waals surface area contributed by atoms with Crippen molar-refractivity contribution < 1.29 is 4.39 Å². The molecular formula is C14H21FN2. The summed E-state index contributed by atoms with van der Waals surface area (Å²) in [5, 5.41) is 0. The van der Waals surface area contributed by atoms with Crippen LogP contribution in [0.25, 0.3) is 0 Å². The number of halogens is 1. The molecule has 2 rings (SSSR count). The van der Waals surface area contributed by atoms with Crippen LogP contribution < -0.4 is 5.73 Å². The van der Waals surface area contributed by atoms with Gasteiger partial charge in [0.1, 0.15) is 5.82 Å². The van der Waals surface area contributed by atoms with E-state index < -0.39 is 0 Å². The Morgan fingerprint density at radius 1 is 1.35 bits per heavy atom. The van der Waals surface area contributed by atoms with Crippen LogP contribution in [0.4, 0.5) is 4.39 Å². The molecule has 1 aliphatic carbocycles. The quantitative estimate of drug-likeness (QED) is 0.822. The van der Waals surface area contributed by atoms with Crippen molar-refractivity contribution in [1.29, 1.82) is 0 Å². The molecule has 1 saturated carbocycles. The van der Waals surface area contributed by atoms with Crippen molar-refractivity contribution in [2.45, 2.75) is 45.3 Å². The first kappa shape index (κ1) is 12.5. The highest BCUT2D eigenvalue weighted by molar-refractivity contribution is 5.28. The first-order valence-corrected chi connectivity index (χ1v) is 6.46. The zero-order valence-electron chi connectivity index (χ0n) is 10.5. The van der Waals surface area contributed by atoms with Gasteiger partial charge in [-0.25, -0.2) is 4.39 Å². The predicted octanol–water partition coefficient (Wildman–Crippen LogP) is 2.66. The van der Waals surface area contributed by atoms with Crippen LogP contribution in [0, 0.1) is 5.82 Å². The van der Waals surface area contributed by atoms with Crippen LogP contribution in [0.5, 0.6) is 0 Å². The lowest BCUT2D eigenvalue weighted by atomic mass is 10.1. The van der Waals surface area contributed by atoms with Crippen LogP contribution in [0.3, 0.4) is 0 Å². The third kappa shape index (κ3) is 3.27. The summed E-state index contributed by atoms with van der Waals surface area (Å²) in [5.41, 5.74) is 7.81. The lowest BCUT2D eigenvalue weighted by Crippen LogP contribution is -2.27. The Kier molecular flexibility index (Phi) is 4.13. The highest BCUT2D eigenvalue weighted by atomic mass is 19.1. The molecule has 1 aliphatic rings. The number of rotatable bonds is 6. The molecule has 0 unspecified atom stereocenters. The molecule has 0 aliphatic heterocycles. The van der Waals surface area contributed by atoms with Gasteiger partial charge in [-0.15, -0.1) is 0 Å². The van der Waals surface area contributed by atoms with Gasteiger partial charge >= 0.3 is 0 Å². The smallest absolute Gasteiger partial charge is 0.123 e. The fourth-order valence-corrected chi connectivity index (χ4v) is 2.28. The van der Waals surface area contributed by atoms with Gasteiger partial charge in [-0.2, -0.15) is 0 Å². The average molecular weight is 236 g/mol. The van der Waals surface area contributed by atoms with E-state index in [4.69, 9.17) is 5.73 Å². The fourth-order valence-electron chi connectivity index (χ4n) is 2.28. The van der Waals surface area contributed by atoms with E-state index in [-0.39, 0.29) is 5.82 Å². The zero-order chi connectivity index (χ0) is 12.3. The Morgan fingerprint density at radius 3 is 2.71 bits per heavy atom. The summed E-state index contributed by atoms with van der Waals surface area (Å²) in [6.07, 6.45) is 3.71. The van der Waals surface area contributed by atoms with Gasteiger partial charge < -0.3 is 5.73 Å². The molecule has 0 radical (unpaired) electrons. The van der Waals surface area contributed by atoms with Gasteiger partial charge in [0.15, 0.2) is 0 Å². The Bertz CT molecular complexity index is 374. The molecule has 0 amide bonds. The summed E-state index contributed by atoms with van der Waals surface area (Å²) in [7, 11) is 0. The second-order valence-corrected chi connectivity index (χ2v) is 4.82. The largest absolute Gasteiger partial charge is 0.326 e. The van der Waals surface area contributed by atoms with Crippen molar-refractivity contribution in [3.63, 3.8) is 0 Å². The van der Waals surface area contributed by atoms with Crippen molar-refractivity contribution in [3.8, 4) is 0 Å². The molecule has 1 aromatic carbocycles. The van der Waals surface area contributed by atoms with E-state index in [0.717, 1.165) is 30.6 Å². The van der Waals surface area contributed by atoms with E-state index in [1.54, 1.807) is 6.07 Å². The second-order valence-electron chi connectivity index (χ2n) is 4.82. The molecule has 1 fully saturated rings. The van der Waals surface area contributed by atoms with E-state index in [1.165, 1.54) is 18.9 Å². The molecule has 2 N–H and O–H groups in total. The van der Waals surface area contributed by atoms with Gasteiger partial charge in [0, 0.05) is 19.1 Å². The van der Waals surface area contributed by atoms with Crippen LogP contribution in [0.2, 0.25) is 0 Å². The highest BCUT2D eigenvalue weighted by Gasteiger charge is 2.28. The van der Waals surface area contributed by atoms with E-state index in [0.29, 0.717) is 12.6 Å². The number of benzene rings is 1. The lowest BCUT2D eigenvalue weighted by Gasteiger charge is -2.22. The highest BCUT2D eigenvalue weighted by Crippen LogP contribution is 2.29.